The third kappa shape index (κ3) is 5.38. The van der Waals surface area contributed by atoms with E-state index in [1.54, 1.807) is 19.2 Å². The van der Waals surface area contributed by atoms with Crippen molar-refractivity contribution in [1.82, 2.24) is 10.2 Å². The number of nitrogens with one attached hydrogen (secondary N) is 1. The summed E-state index contributed by atoms with van der Waals surface area (Å²) in [4.78, 5) is 16.7. The molecule has 0 radical (unpaired) electrons. The smallest absolute Gasteiger partial charge is 0.384 e. The number of hydrogen-bond donors (Lipinski definition) is 1. The fourth-order valence-electron chi connectivity index (χ4n) is 5.34. The average Bonchev–Trinajstić information content (AvgIpc) is 3.20. The third-order valence-corrected chi connectivity index (χ3v) is 7.31. The number of carbonyl (C=O) groups excluding carboxylic acids is 1. The lowest BCUT2D eigenvalue weighted by Gasteiger charge is -2.43. The van der Waals surface area contributed by atoms with Gasteiger partial charge in [0.25, 0.3) is 0 Å². The number of benzene rings is 2. The van der Waals surface area contributed by atoms with Crippen LogP contribution in [0.3, 0.4) is 0 Å². The first-order valence-corrected chi connectivity index (χ1v) is 11.7. The summed E-state index contributed by atoms with van der Waals surface area (Å²) in [6, 6.07) is 15.1. The van der Waals surface area contributed by atoms with Crippen molar-refractivity contribution in [2.24, 2.45) is 11.3 Å². The lowest BCUT2D eigenvalue weighted by Crippen LogP contribution is -2.46. The molecule has 0 aromatic heterocycles. The Labute approximate surface area is 203 Å². The van der Waals surface area contributed by atoms with Crippen molar-refractivity contribution in [2.75, 3.05) is 44.8 Å². The molecule has 2 fully saturated rings. The number of halogens is 3. The van der Waals surface area contributed by atoms with Crippen molar-refractivity contribution in [3.63, 3.8) is 0 Å². The molecule has 2 saturated heterocycles. The van der Waals surface area contributed by atoms with Gasteiger partial charge in [0.1, 0.15) is 0 Å². The van der Waals surface area contributed by atoms with E-state index >= 15 is 0 Å². The Hall–Kier alpha value is -3.25. The van der Waals surface area contributed by atoms with E-state index in [2.05, 4.69) is 5.32 Å². The minimum absolute atomic E-state index is 0.115. The van der Waals surface area contributed by atoms with Gasteiger partial charge in [-0.2, -0.15) is 18.4 Å². The number of carbonyl (C=O) groups is 1. The van der Waals surface area contributed by atoms with Crippen LogP contribution in [0, 0.1) is 22.7 Å². The summed E-state index contributed by atoms with van der Waals surface area (Å²) in [7, 11) is 1.65. The Morgan fingerprint density at radius 1 is 1.20 bits per heavy atom. The van der Waals surface area contributed by atoms with E-state index in [1.165, 1.54) is 6.07 Å². The molecule has 2 aromatic carbocycles. The maximum Gasteiger partial charge on any atom is 0.417 e. The van der Waals surface area contributed by atoms with E-state index in [4.69, 9.17) is 10.00 Å². The van der Waals surface area contributed by atoms with E-state index in [0.717, 1.165) is 24.5 Å². The molecule has 0 bridgehead atoms. The second kappa shape index (κ2) is 10.2. The number of piperidine rings is 1. The number of nitrogens with zero attached hydrogens (tertiary/aromatic N) is 3. The number of nitriles is 1. The van der Waals surface area contributed by atoms with Gasteiger partial charge < -0.3 is 19.9 Å². The number of urea groups is 1. The number of anilines is 1. The quantitative estimate of drug-likeness (QED) is 0.668. The highest BCUT2D eigenvalue weighted by molar-refractivity contribution is 5.74. The first kappa shape index (κ1) is 24.9. The number of hydrogen-bond acceptors (Lipinski definition) is 4. The number of likely N-dealkylation sites (tertiary alicyclic amines) is 1. The van der Waals surface area contributed by atoms with Crippen molar-refractivity contribution < 1.29 is 22.7 Å². The van der Waals surface area contributed by atoms with Crippen molar-refractivity contribution in [2.45, 2.75) is 25.6 Å². The highest BCUT2D eigenvalue weighted by atomic mass is 19.4. The standard InChI is InChI=1S/C26H29F3N4O2/c1-35-17-21-16-33(24(34)31-15-19-5-3-2-4-6-19)18-25(21)9-11-32(12-10-25)22-8-7-20(14-30)23(13-22)26(27,28)29/h2-8,13,21H,9-12,15-18H2,1H3,(H,31,34). The van der Waals surface area contributed by atoms with Gasteiger partial charge in [-0.1, -0.05) is 30.3 Å². The predicted octanol–water partition coefficient (Wildman–Crippen LogP) is 4.65. The maximum absolute atomic E-state index is 13.4. The molecule has 2 heterocycles. The molecular weight excluding hydrogens is 457 g/mol. The maximum atomic E-state index is 13.4. The molecule has 2 aromatic rings. The zero-order valence-electron chi connectivity index (χ0n) is 19.6. The van der Waals surface area contributed by atoms with Crippen LogP contribution in [0.25, 0.3) is 0 Å². The predicted molar refractivity (Wildman–Crippen MR) is 126 cm³/mol. The van der Waals surface area contributed by atoms with E-state index in [0.29, 0.717) is 45.0 Å². The molecule has 4 rings (SSSR count). The van der Waals surface area contributed by atoms with Crippen LogP contribution in [0.1, 0.15) is 29.5 Å². The highest BCUT2D eigenvalue weighted by Crippen LogP contribution is 2.46. The fraction of sp³-hybridized carbons (Fsp3) is 0.462. The van der Waals surface area contributed by atoms with Gasteiger partial charge in [-0.25, -0.2) is 4.79 Å². The number of alkyl halides is 3. The van der Waals surface area contributed by atoms with Gasteiger partial charge in [0.2, 0.25) is 0 Å². The molecule has 1 unspecified atom stereocenters. The summed E-state index contributed by atoms with van der Waals surface area (Å²) in [5.74, 6) is 0.156. The summed E-state index contributed by atoms with van der Waals surface area (Å²) in [5, 5.41) is 12.1. The molecule has 1 atom stereocenters. The van der Waals surface area contributed by atoms with E-state index in [-0.39, 0.29) is 22.9 Å². The Balaban J connectivity index is 1.43. The second-order valence-corrected chi connectivity index (χ2v) is 9.37. The largest absolute Gasteiger partial charge is 0.417 e. The van der Waals surface area contributed by atoms with Crippen LogP contribution in [0.2, 0.25) is 0 Å². The van der Waals surface area contributed by atoms with Crippen LogP contribution in [-0.4, -0.2) is 50.8 Å². The van der Waals surface area contributed by atoms with Crippen molar-refractivity contribution in [1.29, 1.82) is 5.26 Å². The van der Waals surface area contributed by atoms with Crippen LogP contribution < -0.4 is 10.2 Å². The molecule has 6 nitrogen and oxygen atoms in total. The molecule has 9 heteroatoms. The van der Waals surface area contributed by atoms with E-state index in [1.807, 2.05) is 40.1 Å². The van der Waals surface area contributed by atoms with Crippen molar-refractivity contribution in [3.8, 4) is 6.07 Å². The lowest BCUT2D eigenvalue weighted by atomic mass is 9.71. The van der Waals surface area contributed by atoms with Gasteiger partial charge in [0.15, 0.2) is 0 Å². The summed E-state index contributed by atoms with van der Waals surface area (Å²) in [5.41, 5.74) is 0.0675. The van der Waals surface area contributed by atoms with Gasteiger partial charge in [-0.05, 0) is 42.0 Å². The minimum atomic E-state index is -4.58. The van der Waals surface area contributed by atoms with Gasteiger partial charge in [-0.15, -0.1) is 0 Å². The monoisotopic (exact) mass is 486 g/mol. The molecule has 186 valence electrons. The Kier molecular flexibility index (Phi) is 7.22. The molecule has 0 saturated carbocycles. The average molecular weight is 487 g/mol. The summed E-state index contributed by atoms with van der Waals surface area (Å²) >= 11 is 0. The van der Waals surface area contributed by atoms with Gasteiger partial charge in [0, 0.05) is 51.4 Å². The number of ether oxygens (including phenoxy) is 1. The molecule has 1 N–H and O–H groups in total. The molecule has 2 aliphatic rings. The first-order valence-electron chi connectivity index (χ1n) is 11.7. The zero-order valence-corrected chi connectivity index (χ0v) is 19.6. The fourth-order valence-corrected chi connectivity index (χ4v) is 5.34. The molecule has 35 heavy (non-hydrogen) atoms. The summed E-state index contributed by atoms with van der Waals surface area (Å²) < 4.78 is 45.7. The molecule has 0 aliphatic carbocycles. The molecule has 2 aliphatic heterocycles. The molecule has 2 amide bonds. The molecule has 1 spiro atoms. The lowest BCUT2D eigenvalue weighted by molar-refractivity contribution is -0.137. The highest BCUT2D eigenvalue weighted by Gasteiger charge is 2.49. The minimum Gasteiger partial charge on any atom is -0.384 e. The Morgan fingerprint density at radius 3 is 2.54 bits per heavy atom. The first-order chi connectivity index (χ1) is 16.8. The molecular formula is C26H29F3N4O2. The number of methoxy groups -OCH3 is 1. The zero-order chi connectivity index (χ0) is 25.1. The van der Waals surface area contributed by atoms with Crippen LogP contribution in [0.5, 0.6) is 0 Å². The van der Waals surface area contributed by atoms with E-state index < -0.39 is 11.7 Å². The topological polar surface area (TPSA) is 68.6 Å². The Bertz CT molecular complexity index is 1080. The number of amides is 2. The van der Waals surface area contributed by atoms with Gasteiger partial charge in [-0.3, -0.25) is 0 Å². The summed E-state index contributed by atoms with van der Waals surface area (Å²) in [6.45, 7) is 3.30. The summed E-state index contributed by atoms with van der Waals surface area (Å²) in [6.07, 6.45) is -3.10. The Morgan fingerprint density at radius 2 is 1.91 bits per heavy atom. The van der Waals surface area contributed by atoms with Crippen LogP contribution in [0.4, 0.5) is 23.7 Å². The number of rotatable bonds is 5. The van der Waals surface area contributed by atoms with Crippen LogP contribution >= 0.6 is 0 Å². The SMILES string of the molecule is COCC1CN(C(=O)NCc2ccccc2)CC12CCN(c1ccc(C#N)c(C(F)(F)F)c1)CC2. The van der Waals surface area contributed by atoms with Crippen LogP contribution in [0.15, 0.2) is 48.5 Å². The van der Waals surface area contributed by atoms with Crippen LogP contribution in [-0.2, 0) is 17.5 Å². The normalized spacial score (nSPS) is 19.6. The second-order valence-electron chi connectivity index (χ2n) is 9.37. The third-order valence-electron chi connectivity index (χ3n) is 7.31. The van der Waals surface area contributed by atoms with Crippen molar-refractivity contribution in [3.05, 3.63) is 65.2 Å². The van der Waals surface area contributed by atoms with Gasteiger partial charge in [0.05, 0.1) is 23.8 Å². The van der Waals surface area contributed by atoms with Gasteiger partial charge >= 0.3 is 12.2 Å². The van der Waals surface area contributed by atoms with Crippen molar-refractivity contribution >= 4 is 11.7 Å². The van der Waals surface area contributed by atoms with E-state index in [9.17, 15) is 18.0 Å².